The number of aliphatic hydroxyl groups excluding tert-OH is 1. The number of aryl methyl sites for hydroxylation is 1. The Morgan fingerprint density at radius 2 is 1.96 bits per heavy atom. The van der Waals surface area contributed by atoms with E-state index in [1.165, 1.54) is 11.1 Å². The van der Waals surface area contributed by atoms with Crippen LogP contribution in [0, 0.1) is 0 Å². The van der Waals surface area contributed by atoms with Gasteiger partial charge in [0.1, 0.15) is 24.2 Å². The minimum absolute atomic E-state index is 0.353. The molecule has 2 aliphatic rings. The van der Waals surface area contributed by atoms with E-state index in [1.54, 1.807) is 7.11 Å². The summed E-state index contributed by atoms with van der Waals surface area (Å²) in [5.41, 5.74) is 2.51. The summed E-state index contributed by atoms with van der Waals surface area (Å²) >= 11 is 0. The van der Waals surface area contributed by atoms with E-state index in [2.05, 4.69) is 34.5 Å². The van der Waals surface area contributed by atoms with Gasteiger partial charge in [-0.15, -0.1) is 0 Å². The van der Waals surface area contributed by atoms with Gasteiger partial charge in [0.15, 0.2) is 0 Å². The van der Waals surface area contributed by atoms with Crippen molar-refractivity contribution in [1.82, 2.24) is 10.2 Å². The summed E-state index contributed by atoms with van der Waals surface area (Å²) < 4.78 is 11.3. The second-order valence-electron chi connectivity index (χ2n) is 7.24. The minimum atomic E-state index is -0.453. The zero-order valence-electron chi connectivity index (χ0n) is 16.3. The number of allylic oxidation sites excluding steroid dienone is 3. The lowest BCUT2D eigenvalue weighted by Gasteiger charge is -2.29. The number of hydrogen-bond donors (Lipinski definition) is 2. The van der Waals surface area contributed by atoms with Crippen LogP contribution in [0.5, 0.6) is 5.75 Å². The molecule has 1 fully saturated rings. The second kappa shape index (κ2) is 10.5. The maximum absolute atomic E-state index is 10.3. The molecule has 1 aliphatic carbocycles. The Morgan fingerprint density at radius 1 is 1.15 bits per heavy atom. The molecule has 3 rings (SSSR count). The number of rotatable bonds is 9. The van der Waals surface area contributed by atoms with Gasteiger partial charge in [-0.25, -0.2) is 0 Å². The summed E-state index contributed by atoms with van der Waals surface area (Å²) in [4.78, 5) is 2.29. The monoisotopic (exact) mass is 372 g/mol. The molecule has 1 unspecified atom stereocenters. The highest BCUT2D eigenvalue weighted by molar-refractivity contribution is 5.32. The first kappa shape index (κ1) is 19.9. The second-order valence-corrected chi connectivity index (χ2v) is 7.24. The lowest BCUT2D eigenvalue weighted by atomic mass is 9.98. The van der Waals surface area contributed by atoms with Crippen LogP contribution in [0.2, 0.25) is 0 Å². The molecule has 0 amide bonds. The molecule has 1 heterocycles. The summed E-state index contributed by atoms with van der Waals surface area (Å²) in [5.74, 6) is 1.84. The fraction of sp³-hybridized carbons (Fsp3) is 0.545. The molecule has 1 aromatic carbocycles. The number of hydrogen-bond acceptors (Lipinski definition) is 5. The van der Waals surface area contributed by atoms with E-state index < -0.39 is 6.10 Å². The van der Waals surface area contributed by atoms with Crippen LogP contribution in [0.15, 0.2) is 47.7 Å². The molecule has 5 heteroatoms. The first-order chi connectivity index (χ1) is 13.2. The molecule has 0 radical (unpaired) electrons. The molecular weight excluding hydrogens is 340 g/mol. The van der Waals surface area contributed by atoms with Crippen LogP contribution in [0.1, 0.15) is 24.8 Å². The quantitative estimate of drug-likeness (QED) is 0.698. The number of ether oxygens (including phenoxy) is 2. The van der Waals surface area contributed by atoms with Crippen LogP contribution < -0.4 is 10.1 Å². The van der Waals surface area contributed by atoms with Crippen molar-refractivity contribution < 1.29 is 14.6 Å². The zero-order chi connectivity index (χ0) is 18.9. The molecule has 0 aromatic heterocycles. The number of methoxy groups -OCH3 is 1. The van der Waals surface area contributed by atoms with Gasteiger partial charge in [0.25, 0.3) is 0 Å². The third-order valence-corrected chi connectivity index (χ3v) is 5.13. The van der Waals surface area contributed by atoms with Gasteiger partial charge < -0.3 is 19.9 Å². The van der Waals surface area contributed by atoms with Crippen LogP contribution in [0.4, 0.5) is 0 Å². The van der Waals surface area contributed by atoms with E-state index >= 15 is 0 Å². The lowest BCUT2D eigenvalue weighted by Crippen LogP contribution is -2.47. The molecule has 5 nitrogen and oxygen atoms in total. The Morgan fingerprint density at radius 3 is 2.78 bits per heavy atom. The topological polar surface area (TPSA) is 54.0 Å². The van der Waals surface area contributed by atoms with Crippen molar-refractivity contribution >= 4 is 0 Å². The molecule has 1 aliphatic heterocycles. The Balaban J connectivity index is 1.47. The van der Waals surface area contributed by atoms with E-state index in [4.69, 9.17) is 9.47 Å². The van der Waals surface area contributed by atoms with Crippen molar-refractivity contribution in [3.63, 3.8) is 0 Å². The fourth-order valence-electron chi connectivity index (χ4n) is 3.62. The SMILES string of the molecule is COc1cccc(CCC2=CCCC=C2OCC(O)CN2CCNCC2)c1. The normalized spacial score (nSPS) is 19.2. The Hall–Kier alpha value is -1.82. The number of aliphatic hydroxyl groups is 1. The molecule has 1 saturated heterocycles. The molecule has 0 saturated carbocycles. The van der Waals surface area contributed by atoms with Crippen molar-refractivity contribution in [2.75, 3.05) is 46.4 Å². The Labute approximate surface area is 162 Å². The standard InChI is InChI=1S/C22H32N2O3/c1-26-21-7-4-5-18(15-21)9-10-19-6-2-3-8-22(19)27-17-20(25)16-24-13-11-23-12-14-24/h4-8,15,20,23,25H,2-3,9-14,16-17H2,1H3. The maximum Gasteiger partial charge on any atom is 0.119 e. The molecule has 0 spiro atoms. The lowest BCUT2D eigenvalue weighted by molar-refractivity contribution is 0.0412. The fourth-order valence-corrected chi connectivity index (χ4v) is 3.62. The highest BCUT2D eigenvalue weighted by Crippen LogP contribution is 2.25. The van der Waals surface area contributed by atoms with Crippen molar-refractivity contribution in [3.8, 4) is 5.75 Å². The average Bonchev–Trinajstić information content (AvgIpc) is 2.72. The molecule has 148 valence electrons. The van der Waals surface area contributed by atoms with E-state index in [-0.39, 0.29) is 0 Å². The third-order valence-electron chi connectivity index (χ3n) is 5.13. The van der Waals surface area contributed by atoms with Crippen molar-refractivity contribution in [3.05, 3.63) is 53.3 Å². The number of β-amino-alcohol motifs (C(OH)–C–C–N with tert-alkyl or cyclic N) is 1. The van der Waals surface area contributed by atoms with Gasteiger partial charge >= 0.3 is 0 Å². The summed E-state index contributed by atoms with van der Waals surface area (Å²) in [6.07, 6.45) is 7.94. The van der Waals surface area contributed by atoms with Gasteiger partial charge in [-0.2, -0.15) is 0 Å². The van der Waals surface area contributed by atoms with E-state index in [0.717, 1.165) is 63.4 Å². The smallest absolute Gasteiger partial charge is 0.119 e. The molecule has 1 atom stereocenters. The van der Waals surface area contributed by atoms with Crippen molar-refractivity contribution in [2.24, 2.45) is 0 Å². The zero-order valence-corrected chi connectivity index (χ0v) is 16.3. The molecule has 27 heavy (non-hydrogen) atoms. The van der Waals surface area contributed by atoms with E-state index in [9.17, 15) is 5.11 Å². The number of piperazine rings is 1. The van der Waals surface area contributed by atoms with Gasteiger partial charge in [0, 0.05) is 32.7 Å². The minimum Gasteiger partial charge on any atom is -0.497 e. The van der Waals surface area contributed by atoms with Gasteiger partial charge in [-0.05, 0) is 55.0 Å². The molecular formula is C22H32N2O3. The summed E-state index contributed by atoms with van der Waals surface area (Å²) in [6, 6.07) is 8.22. The van der Waals surface area contributed by atoms with Crippen LogP contribution in [0.3, 0.4) is 0 Å². The van der Waals surface area contributed by atoms with Crippen molar-refractivity contribution in [1.29, 1.82) is 0 Å². The van der Waals surface area contributed by atoms with Crippen LogP contribution in [0.25, 0.3) is 0 Å². The maximum atomic E-state index is 10.3. The molecule has 2 N–H and O–H groups in total. The number of nitrogens with one attached hydrogen (secondary N) is 1. The summed E-state index contributed by atoms with van der Waals surface area (Å²) in [6.45, 7) is 5.01. The number of nitrogens with zero attached hydrogens (tertiary/aromatic N) is 1. The average molecular weight is 373 g/mol. The van der Waals surface area contributed by atoms with Crippen LogP contribution >= 0.6 is 0 Å². The largest absolute Gasteiger partial charge is 0.497 e. The predicted molar refractivity (Wildman–Crippen MR) is 108 cm³/mol. The summed E-state index contributed by atoms with van der Waals surface area (Å²) in [7, 11) is 1.70. The third kappa shape index (κ3) is 6.38. The highest BCUT2D eigenvalue weighted by Gasteiger charge is 2.17. The van der Waals surface area contributed by atoms with Crippen molar-refractivity contribution in [2.45, 2.75) is 31.8 Å². The van der Waals surface area contributed by atoms with Crippen LogP contribution in [-0.4, -0.2) is 62.6 Å². The number of benzene rings is 1. The molecule has 0 bridgehead atoms. The van der Waals surface area contributed by atoms with Gasteiger partial charge in [-0.1, -0.05) is 18.2 Å². The first-order valence-corrected chi connectivity index (χ1v) is 10.0. The first-order valence-electron chi connectivity index (χ1n) is 10.0. The van der Waals surface area contributed by atoms with Gasteiger partial charge in [0.2, 0.25) is 0 Å². The Kier molecular flexibility index (Phi) is 7.75. The van der Waals surface area contributed by atoms with E-state index in [1.807, 2.05) is 12.1 Å². The Bertz CT molecular complexity index is 651. The predicted octanol–water partition coefficient (Wildman–Crippen LogP) is 2.51. The molecule has 1 aromatic rings. The van der Waals surface area contributed by atoms with Crippen LogP contribution in [-0.2, 0) is 11.2 Å². The van der Waals surface area contributed by atoms with Gasteiger partial charge in [-0.3, -0.25) is 4.90 Å². The highest BCUT2D eigenvalue weighted by atomic mass is 16.5. The summed E-state index contributed by atoms with van der Waals surface area (Å²) in [5, 5.41) is 13.7. The van der Waals surface area contributed by atoms with Gasteiger partial charge in [0.05, 0.1) is 7.11 Å². The van der Waals surface area contributed by atoms with E-state index in [0.29, 0.717) is 13.2 Å².